The van der Waals surface area contributed by atoms with Crippen LogP contribution in [0.4, 0.5) is 0 Å². The molecule has 3 rings (SSSR count). The number of nitrogens with zero attached hydrogens (tertiary/aromatic N) is 1. The van der Waals surface area contributed by atoms with Gasteiger partial charge in [-0.3, -0.25) is 4.79 Å². The van der Waals surface area contributed by atoms with E-state index in [1.54, 1.807) is 4.90 Å². The Hall–Kier alpha value is -1.06. The van der Waals surface area contributed by atoms with Gasteiger partial charge in [0.15, 0.2) is 0 Å². The largest absolute Gasteiger partial charge is 0.480 e. The maximum atomic E-state index is 12.7. The standard InChI is InChI=1S/C16H25NO3/c18-15(17-9-3-6-14(17)16(19)20)13-8-7-11-4-1-2-5-12(11)10-13/h11-14H,1-10H2,(H,19,20)/t11?,12?,13?,14-/m0/s1. The molecule has 4 atom stereocenters. The third-order valence-electron chi connectivity index (χ3n) is 5.71. The van der Waals surface area contributed by atoms with Crippen LogP contribution in [0.3, 0.4) is 0 Å². The van der Waals surface area contributed by atoms with Crippen molar-refractivity contribution in [3.05, 3.63) is 0 Å². The third kappa shape index (κ3) is 2.57. The smallest absolute Gasteiger partial charge is 0.326 e. The number of hydrogen-bond donors (Lipinski definition) is 1. The number of hydrogen-bond acceptors (Lipinski definition) is 2. The molecule has 3 unspecified atom stereocenters. The molecule has 1 saturated heterocycles. The zero-order chi connectivity index (χ0) is 14.1. The molecule has 1 heterocycles. The molecule has 0 aromatic carbocycles. The molecular weight excluding hydrogens is 254 g/mol. The first kappa shape index (κ1) is 13.9. The quantitative estimate of drug-likeness (QED) is 0.845. The van der Waals surface area contributed by atoms with Crippen LogP contribution in [0.2, 0.25) is 0 Å². The SMILES string of the molecule is O=C(O)[C@@H]1CCCN1C(=O)C1CCC2CCCCC2C1. The fourth-order valence-corrected chi connectivity index (χ4v) is 4.62. The molecule has 4 heteroatoms. The van der Waals surface area contributed by atoms with Crippen LogP contribution in [0.5, 0.6) is 0 Å². The third-order valence-corrected chi connectivity index (χ3v) is 5.71. The minimum Gasteiger partial charge on any atom is -0.480 e. The van der Waals surface area contributed by atoms with Gasteiger partial charge in [0.1, 0.15) is 6.04 Å². The van der Waals surface area contributed by atoms with Crippen LogP contribution in [-0.4, -0.2) is 34.5 Å². The summed E-state index contributed by atoms with van der Waals surface area (Å²) >= 11 is 0. The highest BCUT2D eigenvalue weighted by Crippen LogP contribution is 2.43. The van der Waals surface area contributed by atoms with Gasteiger partial charge in [-0.15, -0.1) is 0 Å². The van der Waals surface area contributed by atoms with Crippen molar-refractivity contribution in [1.82, 2.24) is 4.90 Å². The van der Waals surface area contributed by atoms with Gasteiger partial charge in [0, 0.05) is 12.5 Å². The first-order valence-corrected chi connectivity index (χ1v) is 8.20. The van der Waals surface area contributed by atoms with E-state index in [2.05, 4.69) is 0 Å². The van der Waals surface area contributed by atoms with Crippen molar-refractivity contribution in [2.45, 2.75) is 63.8 Å². The number of amides is 1. The molecule has 0 bridgehead atoms. The van der Waals surface area contributed by atoms with Crippen molar-refractivity contribution >= 4 is 11.9 Å². The fraction of sp³-hybridized carbons (Fsp3) is 0.875. The fourth-order valence-electron chi connectivity index (χ4n) is 4.62. The van der Waals surface area contributed by atoms with Crippen molar-refractivity contribution in [2.75, 3.05) is 6.54 Å². The van der Waals surface area contributed by atoms with E-state index in [1.165, 1.54) is 32.1 Å². The molecule has 1 aliphatic heterocycles. The Balaban J connectivity index is 1.64. The van der Waals surface area contributed by atoms with Gasteiger partial charge in [0.25, 0.3) is 0 Å². The first-order valence-electron chi connectivity index (χ1n) is 8.20. The van der Waals surface area contributed by atoms with Crippen LogP contribution < -0.4 is 0 Å². The molecule has 0 radical (unpaired) electrons. The number of carboxylic acids is 1. The van der Waals surface area contributed by atoms with E-state index < -0.39 is 12.0 Å². The van der Waals surface area contributed by atoms with Gasteiger partial charge in [-0.05, 0) is 43.9 Å². The summed E-state index contributed by atoms with van der Waals surface area (Å²) in [5.74, 6) is 0.939. The highest BCUT2D eigenvalue weighted by Gasteiger charge is 2.40. The summed E-state index contributed by atoms with van der Waals surface area (Å²) in [6.45, 7) is 0.639. The lowest BCUT2D eigenvalue weighted by atomic mass is 9.67. The molecular formula is C16H25NO3. The molecule has 112 valence electrons. The highest BCUT2D eigenvalue weighted by atomic mass is 16.4. The summed E-state index contributed by atoms with van der Waals surface area (Å²) in [6.07, 6.45) is 9.89. The Kier molecular flexibility index (Phi) is 3.99. The minimum absolute atomic E-state index is 0.0919. The van der Waals surface area contributed by atoms with E-state index in [-0.39, 0.29) is 11.8 Å². The molecule has 4 nitrogen and oxygen atoms in total. The lowest BCUT2D eigenvalue weighted by Gasteiger charge is -2.40. The lowest BCUT2D eigenvalue weighted by Crippen LogP contribution is -2.45. The average Bonchev–Trinajstić information content (AvgIpc) is 2.95. The molecule has 0 spiro atoms. The normalized spacial score (nSPS) is 37.5. The van der Waals surface area contributed by atoms with Gasteiger partial charge in [-0.1, -0.05) is 25.7 Å². The molecule has 2 aliphatic carbocycles. The zero-order valence-corrected chi connectivity index (χ0v) is 12.1. The number of carboxylic acid groups (broad SMARTS) is 1. The predicted molar refractivity (Wildman–Crippen MR) is 75.2 cm³/mol. The van der Waals surface area contributed by atoms with Gasteiger partial charge >= 0.3 is 5.97 Å². The van der Waals surface area contributed by atoms with E-state index in [1.807, 2.05) is 0 Å². The zero-order valence-electron chi connectivity index (χ0n) is 12.1. The second-order valence-electron chi connectivity index (χ2n) is 6.84. The number of rotatable bonds is 2. The van der Waals surface area contributed by atoms with E-state index in [9.17, 15) is 14.7 Å². The lowest BCUT2D eigenvalue weighted by molar-refractivity contribution is -0.151. The monoisotopic (exact) mass is 279 g/mol. The van der Waals surface area contributed by atoms with Crippen molar-refractivity contribution in [3.8, 4) is 0 Å². The summed E-state index contributed by atoms with van der Waals surface area (Å²) in [5.41, 5.74) is 0. The van der Waals surface area contributed by atoms with E-state index in [0.717, 1.165) is 31.1 Å². The Morgan fingerprint density at radius 2 is 1.65 bits per heavy atom. The summed E-state index contributed by atoms with van der Waals surface area (Å²) in [5, 5.41) is 9.22. The van der Waals surface area contributed by atoms with Gasteiger partial charge in [0.2, 0.25) is 5.91 Å². The highest BCUT2D eigenvalue weighted by molar-refractivity contribution is 5.85. The number of aliphatic carboxylic acids is 1. The van der Waals surface area contributed by atoms with Crippen LogP contribution in [-0.2, 0) is 9.59 Å². The number of carbonyl (C=O) groups is 2. The molecule has 0 aromatic heterocycles. The van der Waals surface area contributed by atoms with Crippen LogP contribution in [0, 0.1) is 17.8 Å². The maximum absolute atomic E-state index is 12.7. The molecule has 0 aromatic rings. The number of likely N-dealkylation sites (tertiary alicyclic amines) is 1. The Bertz CT molecular complexity index is 395. The average molecular weight is 279 g/mol. The van der Waals surface area contributed by atoms with Gasteiger partial charge in [-0.25, -0.2) is 4.79 Å². The van der Waals surface area contributed by atoms with E-state index in [4.69, 9.17) is 0 Å². The minimum atomic E-state index is -0.831. The molecule has 20 heavy (non-hydrogen) atoms. The number of carbonyl (C=O) groups excluding carboxylic acids is 1. The second-order valence-corrected chi connectivity index (χ2v) is 6.84. The van der Waals surface area contributed by atoms with Crippen LogP contribution in [0.25, 0.3) is 0 Å². The van der Waals surface area contributed by atoms with Crippen molar-refractivity contribution < 1.29 is 14.7 Å². The first-order chi connectivity index (χ1) is 9.66. The number of fused-ring (bicyclic) bond motifs is 1. The van der Waals surface area contributed by atoms with Crippen molar-refractivity contribution in [2.24, 2.45) is 17.8 Å². The molecule has 3 fully saturated rings. The molecule has 2 saturated carbocycles. The molecule has 1 N–H and O–H groups in total. The van der Waals surface area contributed by atoms with Gasteiger partial charge in [-0.2, -0.15) is 0 Å². The van der Waals surface area contributed by atoms with Crippen LogP contribution >= 0.6 is 0 Å². The Morgan fingerprint density at radius 3 is 2.40 bits per heavy atom. The summed E-state index contributed by atoms with van der Waals surface area (Å²) in [4.78, 5) is 25.5. The summed E-state index contributed by atoms with van der Waals surface area (Å²) < 4.78 is 0. The topological polar surface area (TPSA) is 57.6 Å². The van der Waals surface area contributed by atoms with Crippen LogP contribution in [0.1, 0.15) is 57.8 Å². The van der Waals surface area contributed by atoms with E-state index in [0.29, 0.717) is 13.0 Å². The molecule has 1 amide bonds. The Morgan fingerprint density at radius 1 is 0.900 bits per heavy atom. The van der Waals surface area contributed by atoms with Crippen molar-refractivity contribution in [1.29, 1.82) is 0 Å². The van der Waals surface area contributed by atoms with E-state index >= 15 is 0 Å². The van der Waals surface area contributed by atoms with Crippen LogP contribution in [0.15, 0.2) is 0 Å². The summed E-state index contributed by atoms with van der Waals surface area (Å²) in [7, 11) is 0. The second kappa shape index (κ2) is 5.74. The van der Waals surface area contributed by atoms with Crippen molar-refractivity contribution in [3.63, 3.8) is 0 Å². The Labute approximate surface area is 120 Å². The molecule has 3 aliphatic rings. The maximum Gasteiger partial charge on any atom is 0.326 e. The van der Waals surface area contributed by atoms with Gasteiger partial charge in [0.05, 0.1) is 0 Å². The predicted octanol–water partition coefficient (Wildman–Crippen LogP) is 2.67. The van der Waals surface area contributed by atoms with Gasteiger partial charge < -0.3 is 10.0 Å². The summed E-state index contributed by atoms with van der Waals surface area (Å²) in [6, 6.07) is -0.563.